The van der Waals surface area contributed by atoms with E-state index in [0.717, 1.165) is 17.0 Å². The van der Waals surface area contributed by atoms with Crippen LogP contribution >= 0.6 is 0 Å². The second-order valence-electron chi connectivity index (χ2n) is 6.86. The zero-order chi connectivity index (χ0) is 19.0. The van der Waals surface area contributed by atoms with Gasteiger partial charge in [-0.1, -0.05) is 11.2 Å². The van der Waals surface area contributed by atoms with E-state index in [1.54, 1.807) is 12.0 Å². The number of methoxy groups -OCH3 is 1. The third-order valence-corrected chi connectivity index (χ3v) is 5.07. The minimum absolute atomic E-state index is 0.0581. The Morgan fingerprint density at radius 2 is 1.89 bits per heavy atom. The zero-order valence-electron chi connectivity index (χ0n) is 15.6. The fourth-order valence-corrected chi connectivity index (χ4v) is 3.28. The summed E-state index contributed by atoms with van der Waals surface area (Å²) in [7, 11) is 1.62. The third kappa shape index (κ3) is 3.30. The smallest absolute Gasteiger partial charge is 0.257 e. The number of nitrogens with zero attached hydrogens (tertiary/aromatic N) is 3. The molecule has 1 fully saturated rings. The van der Waals surface area contributed by atoms with E-state index in [0.29, 0.717) is 24.7 Å². The van der Waals surface area contributed by atoms with E-state index in [9.17, 15) is 4.79 Å². The average Bonchev–Trinajstić information content (AvgIpc) is 3.31. The Kier molecular flexibility index (Phi) is 4.39. The fraction of sp³-hybridized carbons (Fsp3) is 0.286. The summed E-state index contributed by atoms with van der Waals surface area (Å²) in [4.78, 5) is 18.8. The van der Waals surface area contributed by atoms with Gasteiger partial charge in [-0.3, -0.25) is 4.79 Å². The van der Waals surface area contributed by atoms with E-state index < -0.39 is 0 Å². The highest BCUT2D eigenvalue weighted by Crippen LogP contribution is 2.32. The van der Waals surface area contributed by atoms with Crippen LogP contribution in [0.3, 0.4) is 0 Å². The summed E-state index contributed by atoms with van der Waals surface area (Å²) in [6, 6.07) is 13.5. The van der Waals surface area contributed by atoms with Crippen LogP contribution in [0.25, 0.3) is 11.5 Å². The Labute approximate surface area is 157 Å². The second-order valence-corrected chi connectivity index (χ2v) is 6.86. The van der Waals surface area contributed by atoms with Crippen molar-refractivity contribution in [2.24, 2.45) is 0 Å². The summed E-state index contributed by atoms with van der Waals surface area (Å²) in [5.74, 6) is 1.81. The largest absolute Gasteiger partial charge is 0.497 e. The van der Waals surface area contributed by atoms with E-state index in [2.05, 4.69) is 24.0 Å². The first-order valence-electron chi connectivity index (χ1n) is 8.91. The van der Waals surface area contributed by atoms with Crippen LogP contribution in [0.5, 0.6) is 5.75 Å². The van der Waals surface area contributed by atoms with Gasteiger partial charge in [0.1, 0.15) is 5.75 Å². The molecule has 1 aromatic heterocycles. The highest BCUT2D eigenvalue weighted by Gasteiger charge is 2.34. The highest BCUT2D eigenvalue weighted by molar-refractivity contribution is 5.96. The van der Waals surface area contributed by atoms with Crippen molar-refractivity contribution in [2.45, 2.75) is 26.2 Å². The van der Waals surface area contributed by atoms with Gasteiger partial charge < -0.3 is 14.2 Å². The number of carbonyl (C=O) groups is 1. The van der Waals surface area contributed by atoms with E-state index >= 15 is 0 Å². The molecular weight excluding hydrogens is 342 g/mol. The summed E-state index contributed by atoms with van der Waals surface area (Å²) in [6.45, 7) is 4.66. The molecule has 6 heteroatoms. The van der Waals surface area contributed by atoms with Crippen molar-refractivity contribution in [3.8, 4) is 17.2 Å². The molecule has 2 heterocycles. The molecule has 1 amide bonds. The average molecular weight is 363 g/mol. The third-order valence-electron chi connectivity index (χ3n) is 5.07. The molecule has 0 saturated carbocycles. The molecule has 0 bridgehead atoms. The van der Waals surface area contributed by atoms with E-state index in [4.69, 9.17) is 9.26 Å². The van der Waals surface area contributed by atoms with Gasteiger partial charge in [0, 0.05) is 30.1 Å². The topological polar surface area (TPSA) is 68.5 Å². The molecule has 0 N–H and O–H groups in total. The van der Waals surface area contributed by atoms with Gasteiger partial charge in [0.15, 0.2) is 5.82 Å². The van der Waals surface area contributed by atoms with Gasteiger partial charge in [-0.25, -0.2) is 0 Å². The predicted octanol–water partition coefficient (Wildman–Crippen LogP) is 3.88. The Morgan fingerprint density at radius 1 is 1.11 bits per heavy atom. The summed E-state index contributed by atoms with van der Waals surface area (Å²) in [5, 5.41) is 4.13. The van der Waals surface area contributed by atoms with E-state index in [1.807, 2.05) is 42.5 Å². The number of hydrogen-bond donors (Lipinski definition) is 0. The first kappa shape index (κ1) is 17.3. The lowest BCUT2D eigenvalue weighted by Gasteiger charge is -2.16. The summed E-state index contributed by atoms with van der Waals surface area (Å²) >= 11 is 0. The van der Waals surface area contributed by atoms with Crippen molar-refractivity contribution in [1.29, 1.82) is 0 Å². The summed E-state index contributed by atoms with van der Waals surface area (Å²) < 4.78 is 10.6. The van der Waals surface area contributed by atoms with Gasteiger partial charge in [0.05, 0.1) is 7.11 Å². The van der Waals surface area contributed by atoms with Crippen LogP contribution in [-0.4, -0.2) is 29.7 Å². The van der Waals surface area contributed by atoms with Gasteiger partial charge >= 0.3 is 0 Å². The first-order chi connectivity index (χ1) is 13.0. The van der Waals surface area contributed by atoms with Crippen LogP contribution in [0.15, 0.2) is 47.0 Å². The van der Waals surface area contributed by atoms with Gasteiger partial charge in [0.2, 0.25) is 5.91 Å². The quantitative estimate of drug-likeness (QED) is 0.703. The van der Waals surface area contributed by atoms with Crippen molar-refractivity contribution in [3.05, 3.63) is 59.4 Å². The van der Waals surface area contributed by atoms with Crippen molar-refractivity contribution >= 4 is 11.6 Å². The minimum atomic E-state index is -0.0800. The molecule has 0 aliphatic carbocycles. The summed E-state index contributed by atoms with van der Waals surface area (Å²) in [6.07, 6.45) is 0.373. The molecule has 0 radical (unpaired) electrons. The number of aromatic nitrogens is 2. The number of amides is 1. The fourth-order valence-electron chi connectivity index (χ4n) is 3.28. The molecule has 1 aliphatic rings. The molecule has 3 aromatic rings. The molecular formula is C21H21N3O3. The molecule has 6 nitrogen and oxygen atoms in total. The van der Waals surface area contributed by atoms with Crippen LogP contribution in [0.4, 0.5) is 5.69 Å². The summed E-state index contributed by atoms with van der Waals surface area (Å²) in [5.41, 5.74) is 4.14. The maximum atomic E-state index is 12.5. The van der Waals surface area contributed by atoms with Crippen LogP contribution in [-0.2, 0) is 4.79 Å². The number of rotatable bonds is 4. The highest BCUT2D eigenvalue weighted by atomic mass is 16.5. The van der Waals surface area contributed by atoms with Gasteiger partial charge in [0.25, 0.3) is 5.89 Å². The molecule has 138 valence electrons. The van der Waals surface area contributed by atoms with Crippen molar-refractivity contribution in [2.75, 3.05) is 18.6 Å². The molecule has 4 rings (SSSR count). The van der Waals surface area contributed by atoms with Crippen molar-refractivity contribution in [3.63, 3.8) is 0 Å². The van der Waals surface area contributed by atoms with Crippen molar-refractivity contribution in [1.82, 2.24) is 10.1 Å². The first-order valence-corrected chi connectivity index (χ1v) is 8.91. The molecule has 0 spiro atoms. The monoisotopic (exact) mass is 363 g/mol. The van der Waals surface area contributed by atoms with Gasteiger partial charge in [-0.15, -0.1) is 0 Å². The Bertz CT molecular complexity index is 979. The maximum Gasteiger partial charge on any atom is 0.257 e. The predicted molar refractivity (Wildman–Crippen MR) is 102 cm³/mol. The molecule has 0 unspecified atom stereocenters. The maximum absolute atomic E-state index is 12.5. The van der Waals surface area contributed by atoms with Crippen LogP contribution in [0.1, 0.15) is 29.3 Å². The number of hydrogen-bond acceptors (Lipinski definition) is 5. The molecule has 1 aliphatic heterocycles. The Morgan fingerprint density at radius 3 is 2.59 bits per heavy atom. The minimum Gasteiger partial charge on any atom is -0.497 e. The van der Waals surface area contributed by atoms with Crippen LogP contribution in [0, 0.1) is 13.8 Å². The van der Waals surface area contributed by atoms with Crippen LogP contribution in [0.2, 0.25) is 0 Å². The second kappa shape index (κ2) is 6.87. The van der Waals surface area contributed by atoms with Crippen LogP contribution < -0.4 is 9.64 Å². The number of carbonyl (C=O) groups excluding carboxylic acids is 1. The Hall–Kier alpha value is -3.15. The zero-order valence-corrected chi connectivity index (χ0v) is 15.6. The number of benzene rings is 2. The normalized spacial score (nSPS) is 16.8. The lowest BCUT2D eigenvalue weighted by molar-refractivity contribution is -0.117. The van der Waals surface area contributed by atoms with E-state index in [1.165, 1.54) is 11.1 Å². The van der Waals surface area contributed by atoms with E-state index in [-0.39, 0.29) is 11.8 Å². The molecule has 27 heavy (non-hydrogen) atoms. The molecule has 2 aromatic carbocycles. The van der Waals surface area contributed by atoms with Gasteiger partial charge in [-0.05, 0) is 61.4 Å². The van der Waals surface area contributed by atoms with Crippen molar-refractivity contribution < 1.29 is 14.1 Å². The number of anilines is 1. The van der Waals surface area contributed by atoms with Gasteiger partial charge in [-0.2, -0.15) is 4.98 Å². The molecule has 1 atom stereocenters. The number of ether oxygens (including phenoxy) is 1. The number of aryl methyl sites for hydroxylation is 2. The lowest BCUT2D eigenvalue weighted by Crippen LogP contribution is -2.24. The standard InChI is InChI=1S/C21H21N3O3/c1-13-4-5-15(10-14(13)2)21-22-20(23-27-21)16-11-19(25)24(12-16)17-6-8-18(26-3)9-7-17/h4-10,16H,11-12H2,1-3H3/t16-/m1/s1. The lowest BCUT2D eigenvalue weighted by atomic mass is 10.1. The molecule has 1 saturated heterocycles. The Balaban J connectivity index is 1.53. The SMILES string of the molecule is COc1ccc(N2C[C@H](c3noc(-c4ccc(C)c(C)c4)n3)CC2=O)cc1.